The second kappa shape index (κ2) is 18.4. The minimum absolute atomic E-state index is 0.185. The number of carbonyl (C=O) groups excluding carboxylic acids is 1. The molecule has 0 aromatic rings. The van der Waals surface area contributed by atoms with E-state index in [9.17, 15) is 4.79 Å². The molecule has 3 heteroatoms. The van der Waals surface area contributed by atoms with Crippen LogP contribution >= 0.6 is 9.24 Å². The Labute approximate surface area is 201 Å². The quantitative estimate of drug-likeness (QED) is 0.160. The zero-order valence-corrected chi connectivity index (χ0v) is 23.1. The van der Waals surface area contributed by atoms with Gasteiger partial charge in [-0.2, -0.15) is 0 Å². The molecule has 1 aliphatic rings. The highest BCUT2D eigenvalue weighted by molar-refractivity contribution is 7.18. The molecule has 0 aromatic carbocycles. The Balaban J connectivity index is 0.00000466. The van der Waals surface area contributed by atoms with E-state index in [4.69, 9.17) is 5.11 Å². The molecule has 0 heterocycles. The second-order valence-corrected chi connectivity index (χ2v) is 10.6. The molecule has 0 aliphatic heterocycles. The average Bonchev–Trinajstić information content (AvgIpc) is 2.78. The fraction of sp³-hybridized carbons (Fsp3) is 0.690. The summed E-state index contributed by atoms with van der Waals surface area (Å²) in [6.45, 7) is 13.5. The summed E-state index contributed by atoms with van der Waals surface area (Å²) in [5, 5.41) is 7.00. The van der Waals surface area contributed by atoms with Crippen molar-refractivity contribution >= 4 is 15.5 Å². The highest BCUT2D eigenvalue weighted by atomic mass is 31.0. The van der Waals surface area contributed by atoms with Gasteiger partial charge < -0.3 is 9.90 Å². The zero-order chi connectivity index (χ0) is 24.5. The lowest BCUT2D eigenvalue weighted by atomic mass is 9.85. The van der Waals surface area contributed by atoms with Gasteiger partial charge in [0.25, 0.3) is 0 Å². The first-order valence-electron chi connectivity index (χ1n) is 12.6. The number of hydrogen-bond acceptors (Lipinski definition) is 2. The van der Waals surface area contributed by atoms with Crippen LogP contribution in [0.15, 0.2) is 46.6 Å². The van der Waals surface area contributed by atoms with Gasteiger partial charge in [0.2, 0.25) is 0 Å². The summed E-state index contributed by atoms with van der Waals surface area (Å²) in [6.07, 6.45) is 21.2. The Morgan fingerprint density at radius 2 is 1.66 bits per heavy atom. The number of hydrogen-bond donors (Lipinski definition) is 1. The molecule has 0 saturated carbocycles. The van der Waals surface area contributed by atoms with Gasteiger partial charge in [-0.15, -0.1) is 9.24 Å². The van der Waals surface area contributed by atoms with Crippen LogP contribution in [-0.4, -0.2) is 24.2 Å². The Morgan fingerprint density at radius 1 is 1.03 bits per heavy atom. The molecule has 184 valence electrons. The van der Waals surface area contributed by atoms with Crippen LogP contribution in [0.1, 0.15) is 99.3 Å². The van der Waals surface area contributed by atoms with Gasteiger partial charge in [0.1, 0.15) is 6.29 Å². The summed E-state index contributed by atoms with van der Waals surface area (Å²) >= 11 is 0. The number of allylic oxidation sites excluding steroid dienone is 8. The van der Waals surface area contributed by atoms with Crippen molar-refractivity contribution in [2.75, 3.05) is 7.11 Å². The Morgan fingerprint density at radius 3 is 2.31 bits per heavy atom. The van der Waals surface area contributed by atoms with E-state index in [1.54, 1.807) is 11.1 Å². The summed E-state index contributed by atoms with van der Waals surface area (Å²) in [5.41, 5.74) is 6.74. The highest BCUT2D eigenvalue weighted by Gasteiger charge is 2.21. The third-order valence-corrected chi connectivity index (χ3v) is 7.82. The summed E-state index contributed by atoms with van der Waals surface area (Å²) in [7, 11) is 4.07. The van der Waals surface area contributed by atoms with Crippen LogP contribution in [0.2, 0.25) is 0 Å². The number of aliphatic hydroxyl groups is 1. The van der Waals surface area contributed by atoms with Crippen molar-refractivity contribution in [1.29, 1.82) is 0 Å². The molecule has 0 bridgehead atoms. The number of aliphatic hydroxyl groups excluding tert-OH is 1. The number of carbonyl (C=O) groups is 1. The normalized spacial score (nSPS) is 21.2. The maximum absolute atomic E-state index is 10.7. The van der Waals surface area contributed by atoms with E-state index in [-0.39, 0.29) is 5.92 Å². The lowest BCUT2D eigenvalue weighted by Crippen LogP contribution is -2.18. The molecule has 5 unspecified atom stereocenters. The predicted molar refractivity (Wildman–Crippen MR) is 146 cm³/mol. The molecule has 5 atom stereocenters. The molecule has 1 rings (SSSR count). The summed E-state index contributed by atoms with van der Waals surface area (Å²) in [5.74, 6) is 1.65. The summed E-state index contributed by atoms with van der Waals surface area (Å²) < 4.78 is 0. The first-order chi connectivity index (χ1) is 15.2. The molecular formula is C29H51O2P. The van der Waals surface area contributed by atoms with Gasteiger partial charge in [-0.05, 0) is 84.0 Å². The standard InChI is InChI=1S/C28H47OP.CH4O/c1-21(10-7-11-22(2)13-9-15-24(4)20-29)12-8-14-23(3)16-18-27-19-17-25(5)26(6)28(27)30;1-2/h10,13,17,19-20,23-24,26,28H,7-9,11-12,14-16,18,30H2,1-6H3;2H,1H3/b21-10+,22-13+;. The molecule has 1 N–H and O–H groups in total. The lowest BCUT2D eigenvalue weighted by molar-refractivity contribution is -0.110. The second-order valence-electron chi connectivity index (χ2n) is 9.83. The number of aldehydes is 1. The smallest absolute Gasteiger partial charge is 0.122 e. The van der Waals surface area contributed by atoms with E-state index in [0.717, 1.165) is 45.0 Å². The van der Waals surface area contributed by atoms with E-state index < -0.39 is 0 Å². The van der Waals surface area contributed by atoms with Gasteiger partial charge in [-0.1, -0.05) is 73.8 Å². The highest BCUT2D eigenvalue weighted by Crippen LogP contribution is 2.34. The fourth-order valence-electron chi connectivity index (χ4n) is 4.05. The lowest BCUT2D eigenvalue weighted by Gasteiger charge is -2.27. The third-order valence-electron chi connectivity index (χ3n) is 6.82. The van der Waals surface area contributed by atoms with E-state index >= 15 is 0 Å². The Hall–Kier alpha value is -0.980. The molecule has 0 radical (unpaired) electrons. The molecule has 32 heavy (non-hydrogen) atoms. The van der Waals surface area contributed by atoms with E-state index in [1.807, 2.05) is 6.92 Å². The molecule has 2 nitrogen and oxygen atoms in total. The Bertz CT molecular complexity index is 642. The van der Waals surface area contributed by atoms with Crippen LogP contribution in [0.4, 0.5) is 0 Å². The summed E-state index contributed by atoms with van der Waals surface area (Å²) in [4.78, 5) is 10.7. The molecule has 0 aromatic heterocycles. The summed E-state index contributed by atoms with van der Waals surface area (Å²) in [6, 6.07) is 0. The maximum atomic E-state index is 10.7. The molecule has 0 amide bonds. The van der Waals surface area contributed by atoms with Gasteiger partial charge in [-0.3, -0.25) is 0 Å². The zero-order valence-electron chi connectivity index (χ0n) is 22.0. The average molecular weight is 463 g/mol. The molecule has 0 saturated heterocycles. The van der Waals surface area contributed by atoms with Crippen molar-refractivity contribution in [3.8, 4) is 0 Å². The maximum Gasteiger partial charge on any atom is 0.122 e. The van der Waals surface area contributed by atoms with E-state index in [2.05, 4.69) is 68.2 Å². The van der Waals surface area contributed by atoms with Crippen LogP contribution < -0.4 is 0 Å². The molecular weight excluding hydrogens is 411 g/mol. The molecule has 1 aliphatic carbocycles. The van der Waals surface area contributed by atoms with Crippen molar-refractivity contribution in [1.82, 2.24) is 0 Å². The first-order valence-corrected chi connectivity index (χ1v) is 13.2. The van der Waals surface area contributed by atoms with Gasteiger partial charge >= 0.3 is 0 Å². The number of rotatable bonds is 14. The minimum atomic E-state index is 0.185. The van der Waals surface area contributed by atoms with Crippen molar-refractivity contribution in [3.63, 3.8) is 0 Å². The fourth-order valence-corrected chi connectivity index (χ4v) is 4.63. The minimum Gasteiger partial charge on any atom is -0.400 e. The van der Waals surface area contributed by atoms with Gasteiger partial charge in [0, 0.05) is 18.7 Å². The van der Waals surface area contributed by atoms with Gasteiger partial charge in [0.15, 0.2) is 0 Å². The van der Waals surface area contributed by atoms with Crippen LogP contribution in [0.5, 0.6) is 0 Å². The van der Waals surface area contributed by atoms with Crippen molar-refractivity contribution in [2.24, 2.45) is 17.8 Å². The Kier molecular flexibility index (Phi) is 17.9. The third kappa shape index (κ3) is 13.5. The van der Waals surface area contributed by atoms with Crippen molar-refractivity contribution in [2.45, 2.75) is 105 Å². The van der Waals surface area contributed by atoms with Crippen molar-refractivity contribution in [3.05, 3.63) is 46.6 Å². The van der Waals surface area contributed by atoms with Crippen LogP contribution in [-0.2, 0) is 4.79 Å². The van der Waals surface area contributed by atoms with E-state index in [1.165, 1.54) is 43.3 Å². The monoisotopic (exact) mass is 462 g/mol. The SMILES string of the molecule is CC1=CC=C(CCC(C)CCC/C(C)=C/CC/C(C)=C/CCC(C)C=O)C(P)C1C.CO. The van der Waals surface area contributed by atoms with Crippen molar-refractivity contribution < 1.29 is 9.90 Å². The van der Waals surface area contributed by atoms with Gasteiger partial charge in [0.05, 0.1) is 0 Å². The van der Waals surface area contributed by atoms with Gasteiger partial charge in [-0.25, -0.2) is 0 Å². The van der Waals surface area contributed by atoms with E-state index in [0.29, 0.717) is 11.6 Å². The van der Waals surface area contributed by atoms with Crippen LogP contribution in [0.25, 0.3) is 0 Å². The molecule has 0 spiro atoms. The van der Waals surface area contributed by atoms with Crippen LogP contribution in [0, 0.1) is 17.8 Å². The topological polar surface area (TPSA) is 37.3 Å². The predicted octanol–water partition coefficient (Wildman–Crippen LogP) is 8.24. The van der Waals surface area contributed by atoms with Crippen LogP contribution in [0.3, 0.4) is 0 Å². The first kappa shape index (κ1) is 31.0. The molecule has 0 fully saturated rings. The largest absolute Gasteiger partial charge is 0.400 e.